The van der Waals surface area contributed by atoms with Gasteiger partial charge in [0.25, 0.3) is 5.91 Å². The van der Waals surface area contributed by atoms with Crippen LogP contribution in [-0.4, -0.2) is 36.5 Å². The summed E-state index contributed by atoms with van der Waals surface area (Å²) in [6, 6.07) is 5.93. The highest BCUT2D eigenvalue weighted by atomic mass is 35.5. The number of hydrogen-bond donors (Lipinski definition) is 0. The molecule has 0 unspecified atom stereocenters. The van der Waals surface area contributed by atoms with Gasteiger partial charge in [-0.15, -0.1) is 0 Å². The Balaban J connectivity index is 2.58. The third-order valence-corrected chi connectivity index (χ3v) is 3.22. The van der Waals surface area contributed by atoms with Crippen LogP contribution in [0.4, 0.5) is 4.39 Å². The average Bonchev–Trinajstić information content (AvgIpc) is 2.52. The standard InChI is InChI=1S/C16H16ClFN2O3/c1-11(16(22)20(2)9-3-8-19)23-15(21)7-5-12-4-6-14(18)13(17)10-12/h4-7,10-11H,3,9H2,1-2H3/b7-5+/t11-/m1/s1. The molecule has 0 spiro atoms. The molecule has 5 nitrogen and oxygen atoms in total. The fraction of sp³-hybridized carbons (Fsp3) is 0.312. The molecular formula is C16H16ClFN2O3. The first-order chi connectivity index (χ1) is 10.8. The molecule has 0 N–H and O–H groups in total. The number of nitriles is 1. The van der Waals surface area contributed by atoms with E-state index in [9.17, 15) is 14.0 Å². The van der Waals surface area contributed by atoms with Gasteiger partial charge in [0.1, 0.15) is 5.82 Å². The molecule has 0 aliphatic heterocycles. The zero-order chi connectivity index (χ0) is 17.4. The molecule has 0 aliphatic carbocycles. The maximum atomic E-state index is 13.0. The molecule has 0 radical (unpaired) electrons. The van der Waals surface area contributed by atoms with Gasteiger partial charge in [0, 0.05) is 19.7 Å². The summed E-state index contributed by atoms with van der Waals surface area (Å²) in [6.45, 7) is 1.72. The summed E-state index contributed by atoms with van der Waals surface area (Å²) < 4.78 is 18.0. The molecule has 0 saturated carbocycles. The fourth-order valence-corrected chi connectivity index (χ4v) is 1.87. The van der Waals surface area contributed by atoms with Crippen LogP contribution in [-0.2, 0) is 14.3 Å². The first-order valence-electron chi connectivity index (χ1n) is 6.80. The first-order valence-corrected chi connectivity index (χ1v) is 7.18. The molecule has 0 aliphatic rings. The first kappa shape index (κ1) is 18.7. The minimum atomic E-state index is -0.965. The molecule has 0 saturated heterocycles. The van der Waals surface area contributed by atoms with Crippen LogP contribution >= 0.6 is 11.6 Å². The molecule has 1 amide bonds. The topological polar surface area (TPSA) is 70.4 Å². The van der Waals surface area contributed by atoms with E-state index in [-0.39, 0.29) is 18.0 Å². The SMILES string of the molecule is C[C@@H](OC(=O)/C=C/c1ccc(F)c(Cl)c1)C(=O)N(C)CCC#N. The highest BCUT2D eigenvalue weighted by Gasteiger charge is 2.20. The van der Waals surface area contributed by atoms with Crippen molar-refractivity contribution in [2.24, 2.45) is 0 Å². The van der Waals surface area contributed by atoms with E-state index >= 15 is 0 Å². The van der Waals surface area contributed by atoms with E-state index in [0.717, 1.165) is 6.08 Å². The third kappa shape index (κ3) is 6.09. The van der Waals surface area contributed by atoms with E-state index in [0.29, 0.717) is 5.56 Å². The number of halogens is 2. The van der Waals surface area contributed by atoms with Crippen molar-refractivity contribution in [3.05, 3.63) is 40.7 Å². The van der Waals surface area contributed by atoms with Crippen molar-refractivity contribution >= 4 is 29.6 Å². The molecule has 0 aromatic heterocycles. The molecule has 1 rings (SSSR count). The molecule has 122 valence electrons. The largest absolute Gasteiger partial charge is 0.449 e. The number of likely N-dealkylation sites (N-methyl/N-ethyl adjacent to an activating group) is 1. The highest BCUT2D eigenvalue weighted by molar-refractivity contribution is 6.30. The monoisotopic (exact) mass is 338 g/mol. The summed E-state index contributed by atoms with van der Waals surface area (Å²) in [4.78, 5) is 24.9. The molecule has 1 aromatic rings. The Labute approximate surface area is 138 Å². The van der Waals surface area contributed by atoms with Crippen molar-refractivity contribution in [1.29, 1.82) is 5.26 Å². The van der Waals surface area contributed by atoms with Gasteiger partial charge in [-0.2, -0.15) is 5.26 Å². The van der Waals surface area contributed by atoms with Crippen LogP contribution < -0.4 is 0 Å². The van der Waals surface area contributed by atoms with E-state index in [1.54, 1.807) is 0 Å². The van der Waals surface area contributed by atoms with Crippen LogP contribution in [0.15, 0.2) is 24.3 Å². The molecular weight excluding hydrogens is 323 g/mol. The van der Waals surface area contributed by atoms with Crippen molar-refractivity contribution in [3.63, 3.8) is 0 Å². The predicted molar refractivity (Wildman–Crippen MR) is 83.9 cm³/mol. The second-order valence-corrected chi connectivity index (χ2v) is 5.16. The zero-order valence-electron chi connectivity index (χ0n) is 12.8. The molecule has 7 heteroatoms. The number of ether oxygens (including phenoxy) is 1. The Morgan fingerprint density at radius 3 is 2.83 bits per heavy atom. The van der Waals surface area contributed by atoms with E-state index in [1.165, 1.54) is 43.1 Å². The van der Waals surface area contributed by atoms with Gasteiger partial charge in [-0.25, -0.2) is 9.18 Å². The second kappa shape index (κ2) is 8.91. The molecule has 0 bridgehead atoms. The maximum absolute atomic E-state index is 13.0. The quantitative estimate of drug-likeness (QED) is 0.590. The maximum Gasteiger partial charge on any atom is 0.331 e. The minimum Gasteiger partial charge on any atom is -0.449 e. The van der Waals surface area contributed by atoms with Crippen molar-refractivity contribution in [3.8, 4) is 6.07 Å². The van der Waals surface area contributed by atoms with Gasteiger partial charge in [0.2, 0.25) is 0 Å². The number of carbonyl (C=O) groups is 2. The van der Waals surface area contributed by atoms with Crippen LogP contribution in [0.3, 0.4) is 0 Å². The average molecular weight is 339 g/mol. The smallest absolute Gasteiger partial charge is 0.331 e. The lowest BCUT2D eigenvalue weighted by Crippen LogP contribution is -2.37. The Morgan fingerprint density at radius 2 is 2.22 bits per heavy atom. The van der Waals surface area contributed by atoms with Crippen molar-refractivity contribution in [1.82, 2.24) is 4.90 Å². The lowest BCUT2D eigenvalue weighted by molar-refractivity contribution is -0.154. The van der Waals surface area contributed by atoms with Crippen molar-refractivity contribution < 1.29 is 18.7 Å². The van der Waals surface area contributed by atoms with E-state index in [1.807, 2.05) is 6.07 Å². The molecule has 1 atom stereocenters. The summed E-state index contributed by atoms with van der Waals surface area (Å²) in [5, 5.41) is 8.43. The summed E-state index contributed by atoms with van der Waals surface area (Å²) in [7, 11) is 1.53. The summed E-state index contributed by atoms with van der Waals surface area (Å²) >= 11 is 5.63. The Bertz CT molecular complexity index is 655. The van der Waals surface area contributed by atoms with E-state index < -0.39 is 23.8 Å². The van der Waals surface area contributed by atoms with Gasteiger partial charge in [-0.3, -0.25) is 4.79 Å². The summed E-state index contributed by atoms with van der Waals surface area (Å²) in [5.41, 5.74) is 0.526. The van der Waals surface area contributed by atoms with Crippen LogP contribution in [0.5, 0.6) is 0 Å². The Kier molecular flexibility index (Phi) is 7.23. The number of benzene rings is 1. The predicted octanol–water partition coefficient (Wildman–Crippen LogP) is 2.80. The van der Waals surface area contributed by atoms with Crippen LogP contribution in [0.2, 0.25) is 5.02 Å². The minimum absolute atomic E-state index is 0.0526. The Morgan fingerprint density at radius 1 is 1.52 bits per heavy atom. The Hall–Kier alpha value is -2.39. The van der Waals surface area contributed by atoms with Crippen LogP contribution in [0, 0.1) is 17.1 Å². The van der Waals surface area contributed by atoms with Gasteiger partial charge in [-0.05, 0) is 30.7 Å². The molecule has 0 heterocycles. The number of esters is 1. The number of rotatable bonds is 6. The van der Waals surface area contributed by atoms with Crippen LogP contribution in [0.25, 0.3) is 6.08 Å². The summed E-state index contributed by atoms with van der Waals surface area (Å²) in [5.74, 6) is -1.65. The fourth-order valence-electron chi connectivity index (χ4n) is 1.68. The lowest BCUT2D eigenvalue weighted by Gasteiger charge is -2.19. The normalized spacial score (nSPS) is 11.8. The highest BCUT2D eigenvalue weighted by Crippen LogP contribution is 2.16. The van der Waals surface area contributed by atoms with Crippen molar-refractivity contribution in [2.45, 2.75) is 19.4 Å². The number of hydrogen-bond acceptors (Lipinski definition) is 4. The summed E-state index contributed by atoms with van der Waals surface area (Å²) in [6.07, 6.45) is 1.77. The van der Waals surface area contributed by atoms with Gasteiger partial charge in [0.15, 0.2) is 6.10 Å². The van der Waals surface area contributed by atoms with E-state index in [4.69, 9.17) is 21.6 Å². The van der Waals surface area contributed by atoms with Gasteiger partial charge < -0.3 is 9.64 Å². The van der Waals surface area contributed by atoms with Crippen LogP contribution in [0.1, 0.15) is 18.9 Å². The molecule has 23 heavy (non-hydrogen) atoms. The lowest BCUT2D eigenvalue weighted by atomic mass is 10.2. The van der Waals surface area contributed by atoms with Gasteiger partial charge in [0.05, 0.1) is 17.5 Å². The van der Waals surface area contributed by atoms with Crippen molar-refractivity contribution in [2.75, 3.05) is 13.6 Å². The second-order valence-electron chi connectivity index (χ2n) is 4.75. The molecule has 0 fully saturated rings. The molecule has 1 aromatic carbocycles. The van der Waals surface area contributed by atoms with Gasteiger partial charge in [-0.1, -0.05) is 17.7 Å². The zero-order valence-corrected chi connectivity index (χ0v) is 13.5. The van der Waals surface area contributed by atoms with E-state index in [2.05, 4.69) is 0 Å². The van der Waals surface area contributed by atoms with Gasteiger partial charge >= 0.3 is 5.97 Å². The number of carbonyl (C=O) groups excluding carboxylic acids is 2. The number of amides is 1. The third-order valence-electron chi connectivity index (χ3n) is 2.93. The number of nitrogens with zero attached hydrogens (tertiary/aromatic N) is 2.